The largest absolute Gasteiger partial charge is 0.481 e. The van der Waals surface area contributed by atoms with Crippen LogP contribution in [0.2, 0.25) is 0 Å². The molecule has 1 rings (SSSR count). The van der Waals surface area contributed by atoms with Crippen LogP contribution in [0, 0.1) is 5.92 Å². The molecule has 0 bridgehead atoms. The van der Waals surface area contributed by atoms with Gasteiger partial charge in [-0.2, -0.15) is 0 Å². The second-order valence-corrected chi connectivity index (χ2v) is 4.00. The topological polar surface area (TPSA) is 57.5 Å². The first-order chi connectivity index (χ1) is 7.00. The Morgan fingerprint density at radius 1 is 1.27 bits per heavy atom. The van der Waals surface area contributed by atoms with Gasteiger partial charge in [-0.25, -0.2) is 0 Å². The third-order valence-corrected chi connectivity index (χ3v) is 2.31. The Balaban J connectivity index is 2.76. The van der Waals surface area contributed by atoms with Gasteiger partial charge in [-0.3, -0.25) is 4.79 Å². The van der Waals surface area contributed by atoms with Crippen LogP contribution in [-0.4, -0.2) is 16.2 Å². The lowest BCUT2D eigenvalue weighted by molar-refractivity contribution is -0.136. The second-order valence-electron chi connectivity index (χ2n) is 4.00. The molecule has 0 aromatic heterocycles. The highest BCUT2D eigenvalue weighted by Gasteiger charge is 2.11. The fraction of sp³-hybridized carbons (Fsp3) is 0.417. The molecule has 0 unspecified atom stereocenters. The summed E-state index contributed by atoms with van der Waals surface area (Å²) in [6.07, 6.45) is -0.457. The van der Waals surface area contributed by atoms with Gasteiger partial charge in [-0.1, -0.05) is 38.1 Å². The van der Waals surface area contributed by atoms with Crippen molar-refractivity contribution in [2.24, 2.45) is 5.92 Å². The summed E-state index contributed by atoms with van der Waals surface area (Å²) in [6.45, 7) is 3.88. The van der Waals surface area contributed by atoms with Crippen molar-refractivity contribution in [1.29, 1.82) is 0 Å². The first-order valence-electron chi connectivity index (χ1n) is 4.99. The van der Waals surface area contributed by atoms with E-state index in [0.717, 1.165) is 11.1 Å². The lowest BCUT2D eigenvalue weighted by Gasteiger charge is -2.14. The Bertz CT molecular complexity index is 327. The molecule has 1 atom stereocenters. The van der Waals surface area contributed by atoms with E-state index in [4.69, 9.17) is 5.11 Å². The van der Waals surface area contributed by atoms with Crippen LogP contribution in [0.1, 0.15) is 31.1 Å². The van der Waals surface area contributed by atoms with Crippen LogP contribution in [-0.2, 0) is 11.2 Å². The average Bonchev–Trinajstić information content (AvgIpc) is 2.17. The monoisotopic (exact) mass is 208 g/mol. The van der Waals surface area contributed by atoms with E-state index in [2.05, 4.69) is 0 Å². The Hall–Kier alpha value is -1.35. The molecule has 82 valence electrons. The zero-order valence-electron chi connectivity index (χ0n) is 8.97. The quantitative estimate of drug-likeness (QED) is 0.795. The molecule has 0 radical (unpaired) electrons. The van der Waals surface area contributed by atoms with E-state index < -0.39 is 12.1 Å². The summed E-state index contributed by atoms with van der Waals surface area (Å²) < 4.78 is 0. The van der Waals surface area contributed by atoms with Crippen LogP contribution in [0.3, 0.4) is 0 Å². The maximum absolute atomic E-state index is 10.4. The summed E-state index contributed by atoms with van der Waals surface area (Å²) in [4.78, 5) is 10.4. The fourth-order valence-corrected chi connectivity index (χ4v) is 1.39. The summed E-state index contributed by atoms with van der Waals surface area (Å²) in [5, 5.41) is 18.3. The zero-order chi connectivity index (χ0) is 11.4. The summed E-state index contributed by atoms with van der Waals surface area (Å²) in [7, 11) is 0. The molecular weight excluding hydrogens is 192 g/mol. The number of rotatable bonds is 4. The molecule has 0 heterocycles. The smallest absolute Gasteiger partial charge is 0.307 e. The molecule has 15 heavy (non-hydrogen) atoms. The van der Waals surface area contributed by atoms with Gasteiger partial charge < -0.3 is 10.2 Å². The van der Waals surface area contributed by atoms with Crippen LogP contribution < -0.4 is 0 Å². The molecule has 1 aromatic rings. The minimum atomic E-state index is -0.841. The molecule has 0 saturated heterocycles. The van der Waals surface area contributed by atoms with Gasteiger partial charge in [0.05, 0.1) is 12.5 Å². The predicted molar refractivity (Wildman–Crippen MR) is 57.6 cm³/mol. The first kappa shape index (κ1) is 11.7. The number of aliphatic hydroxyl groups is 1. The highest BCUT2D eigenvalue weighted by molar-refractivity contribution is 5.70. The van der Waals surface area contributed by atoms with Gasteiger partial charge >= 0.3 is 5.97 Å². The number of hydrogen-bond acceptors (Lipinski definition) is 2. The van der Waals surface area contributed by atoms with Crippen LogP contribution in [0.15, 0.2) is 24.3 Å². The van der Waals surface area contributed by atoms with Gasteiger partial charge in [0.1, 0.15) is 0 Å². The highest BCUT2D eigenvalue weighted by Crippen LogP contribution is 2.21. The third-order valence-electron chi connectivity index (χ3n) is 2.31. The SMILES string of the molecule is CC(C)[C@H](O)c1ccc(CC(=O)O)cc1. The van der Waals surface area contributed by atoms with E-state index in [9.17, 15) is 9.90 Å². The molecule has 1 aromatic carbocycles. The van der Waals surface area contributed by atoms with Crippen molar-refractivity contribution in [2.45, 2.75) is 26.4 Å². The standard InChI is InChI=1S/C12H16O3/c1-8(2)12(15)10-5-3-9(4-6-10)7-11(13)14/h3-6,8,12,15H,7H2,1-2H3,(H,13,14)/t12-/m0/s1. The lowest BCUT2D eigenvalue weighted by atomic mass is 9.98. The number of carbonyl (C=O) groups is 1. The van der Waals surface area contributed by atoms with Crippen molar-refractivity contribution < 1.29 is 15.0 Å². The number of aliphatic hydroxyl groups excluding tert-OH is 1. The molecule has 3 nitrogen and oxygen atoms in total. The normalized spacial score (nSPS) is 12.8. The van der Waals surface area contributed by atoms with Gasteiger partial charge in [-0.05, 0) is 17.0 Å². The zero-order valence-corrected chi connectivity index (χ0v) is 8.97. The minimum Gasteiger partial charge on any atom is -0.481 e. The fourth-order valence-electron chi connectivity index (χ4n) is 1.39. The van der Waals surface area contributed by atoms with Crippen molar-refractivity contribution >= 4 is 5.97 Å². The molecule has 0 fully saturated rings. The Labute approximate surface area is 89.4 Å². The van der Waals surface area contributed by atoms with Gasteiger partial charge in [0.25, 0.3) is 0 Å². The van der Waals surface area contributed by atoms with E-state index in [-0.39, 0.29) is 12.3 Å². The van der Waals surface area contributed by atoms with Crippen molar-refractivity contribution in [1.82, 2.24) is 0 Å². The molecular formula is C12H16O3. The molecule has 0 amide bonds. The van der Waals surface area contributed by atoms with Crippen LogP contribution in [0.5, 0.6) is 0 Å². The summed E-state index contributed by atoms with van der Waals surface area (Å²) in [5.74, 6) is -0.678. The van der Waals surface area contributed by atoms with E-state index in [1.165, 1.54) is 0 Å². The highest BCUT2D eigenvalue weighted by atomic mass is 16.4. The molecule has 2 N–H and O–H groups in total. The number of hydrogen-bond donors (Lipinski definition) is 2. The Kier molecular flexibility index (Phi) is 3.86. The molecule has 0 aliphatic carbocycles. The molecule has 0 aliphatic heterocycles. The van der Waals surface area contributed by atoms with E-state index >= 15 is 0 Å². The van der Waals surface area contributed by atoms with Gasteiger partial charge in [0.15, 0.2) is 0 Å². The van der Waals surface area contributed by atoms with Gasteiger partial charge in [-0.15, -0.1) is 0 Å². The summed E-state index contributed by atoms with van der Waals surface area (Å²) in [5.41, 5.74) is 1.58. The second kappa shape index (κ2) is 4.94. The predicted octanol–water partition coefficient (Wildman–Crippen LogP) is 2.00. The maximum atomic E-state index is 10.4. The molecule has 0 spiro atoms. The minimum absolute atomic E-state index is 0.0258. The lowest BCUT2D eigenvalue weighted by Crippen LogP contribution is -2.06. The van der Waals surface area contributed by atoms with Crippen molar-refractivity contribution in [3.8, 4) is 0 Å². The third kappa shape index (κ3) is 3.36. The first-order valence-corrected chi connectivity index (χ1v) is 4.99. The summed E-state index contributed by atoms with van der Waals surface area (Å²) in [6, 6.07) is 7.05. The molecule has 0 aliphatic rings. The van der Waals surface area contributed by atoms with Crippen molar-refractivity contribution in [3.63, 3.8) is 0 Å². The van der Waals surface area contributed by atoms with Crippen molar-refractivity contribution in [2.75, 3.05) is 0 Å². The number of benzene rings is 1. The molecule has 3 heteroatoms. The van der Waals surface area contributed by atoms with Crippen LogP contribution >= 0.6 is 0 Å². The van der Waals surface area contributed by atoms with Crippen LogP contribution in [0.25, 0.3) is 0 Å². The van der Waals surface area contributed by atoms with Gasteiger partial charge in [0, 0.05) is 0 Å². The van der Waals surface area contributed by atoms with E-state index in [0.29, 0.717) is 0 Å². The van der Waals surface area contributed by atoms with E-state index in [1.807, 2.05) is 13.8 Å². The Morgan fingerprint density at radius 2 is 1.80 bits per heavy atom. The number of carboxylic acid groups (broad SMARTS) is 1. The Morgan fingerprint density at radius 3 is 2.20 bits per heavy atom. The van der Waals surface area contributed by atoms with Crippen molar-refractivity contribution in [3.05, 3.63) is 35.4 Å². The van der Waals surface area contributed by atoms with Gasteiger partial charge in [0.2, 0.25) is 0 Å². The average molecular weight is 208 g/mol. The summed E-state index contributed by atoms with van der Waals surface area (Å²) >= 11 is 0. The number of aliphatic carboxylic acids is 1. The van der Waals surface area contributed by atoms with Crippen LogP contribution in [0.4, 0.5) is 0 Å². The molecule has 0 saturated carbocycles. The maximum Gasteiger partial charge on any atom is 0.307 e. The number of carboxylic acids is 1. The van der Waals surface area contributed by atoms with E-state index in [1.54, 1.807) is 24.3 Å².